The maximum absolute atomic E-state index is 10.1. The van der Waals surface area contributed by atoms with E-state index in [4.69, 9.17) is 15.2 Å². The quantitative estimate of drug-likeness (QED) is 0.622. The van der Waals surface area contributed by atoms with Crippen molar-refractivity contribution in [3.63, 3.8) is 0 Å². The van der Waals surface area contributed by atoms with Gasteiger partial charge in [0, 0.05) is 17.9 Å². The molecule has 2 atom stereocenters. The van der Waals surface area contributed by atoms with Crippen LogP contribution < -0.4 is 10.5 Å². The predicted molar refractivity (Wildman–Crippen MR) is 113 cm³/mol. The van der Waals surface area contributed by atoms with Gasteiger partial charge >= 0.3 is 0 Å². The molecule has 0 aliphatic heterocycles. The van der Waals surface area contributed by atoms with E-state index in [-0.39, 0.29) is 17.6 Å². The van der Waals surface area contributed by atoms with E-state index in [1.54, 1.807) is 6.07 Å². The maximum atomic E-state index is 10.1. The third-order valence-electron chi connectivity index (χ3n) is 5.91. The number of hydrogen-bond acceptors (Lipinski definition) is 4. The topological polar surface area (TPSA) is 64.7 Å². The molecule has 4 heteroatoms. The van der Waals surface area contributed by atoms with Crippen molar-refractivity contribution in [3.8, 4) is 11.5 Å². The minimum Gasteiger partial charge on any atom is -0.508 e. The smallest absolute Gasteiger partial charge is 0.119 e. The van der Waals surface area contributed by atoms with Gasteiger partial charge in [0.25, 0.3) is 0 Å². The Bertz CT molecular complexity index is 741. The van der Waals surface area contributed by atoms with E-state index in [1.807, 2.05) is 42.5 Å². The molecule has 0 bridgehead atoms. The summed E-state index contributed by atoms with van der Waals surface area (Å²) in [5.74, 6) is 1.17. The molecule has 0 saturated carbocycles. The SMILES string of the molecule is CCCC1(CCC)c2cc(O)ccc2C[C@@H](OCCOc2ccccc2)[C@@H]1N. The van der Waals surface area contributed by atoms with Gasteiger partial charge in [-0.25, -0.2) is 0 Å². The van der Waals surface area contributed by atoms with E-state index >= 15 is 0 Å². The number of aromatic hydroxyl groups is 1. The second kappa shape index (κ2) is 9.44. The van der Waals surface area contributed by atoms with Crippen LogP contribution in [-0.2, 0) is 16.6 Å². The number of phenolic OH excluding ortho intramolecular Hbond substituents is 1. The highest BCUT2D eigenvalue weighted by Gasteiger charge is 2.46. The Balaban J connectivity index is 1.75. The first-order valence-corrected chi connectivity index (χ1v) is 10.5. The highest BCUT2D eigenvalue weighted by atomic mass is 16.5. The van der Waals surface area contributed by atoms with Gasteiger partial charge in [0.1, 0.15) is 18.1 Å². The monoisotopic (exact) mass is 383 g/mol. The largest absolute Gasteiger partial charge is 0.508 e. The summed E-state index contributed by atoms with van der Waals surface area (Å²) in [6, 6.07) is 15.4. The lowest BCUT2D eigenvalue weighted by Gasteiger charge is -2.48. The molecule has 152 valence electrons. The van der Waals surface area contributed by atoms with E-state index in [9.17, 15) is 5.11 Å². The fraction of sp³-hybridized carbons (Fsp3) is 0.500. The zero-order valence-electron chi connectivity index (χ0n) is 17.1. The van der Waals surface area contributed by atoms with Crippen LogP contribution in [0.3, 0.4) is 0 Å². The van der Waals surface area contributed by atoms with Crippen molar-refractivity contribution >= 4 is 0 Å². The van der Waals surface area contributed by atoms with Gasteiger partial charge < -0.3 is 20.3 Å². The summed E-state index contributed by atoms with van der Waals surface area (Å²) in [5, 5.41) is 10.1. The van der Waals surface area contributed by atoms with Gasteiger partial charge in [0.05, 0.1) is 12.7 Å². The molecule has 1 aliphatic rings. The zero-order chi connectivity index (χ0) is 20.0. The summed E-state index contributed by atoms with van der Waals surface area (Å²) < 4.78 is 12.0. The molecule has 0 saturated heterocycles. The molecule has 28 heavy (non-hydrogen) atoms. The van der Waals surface area contributed by atoms with Crippen LogP contribution in [0.1, 0.15) is 50.7 Å². The normalized spacial score (nSPS) is 20.5. The zero-order valence-corrected chi connectivity index (χ0v) is 17.1. The molecule has 0 amide bonds. The van der Waals surface area contributed by atoms with E-state index < -0.39 is 0 Å². The van der Waals surface area contributed by atoms with Crippen LogP contribution in [0, 0.1) is 0 Å². The van der Waals surface area contributed by atoms with Gasteiger partial charge in [0.2, 0.25) is 0 Å². The molecular weight excluding hydrogens is 350 g/mol. The minimum absolute atomic E-state index is 0.0467. The third-order valence-corrected chi connectivity index (χ3v) is 5.91. The molecule has 0 spiro atoms. The highest BCUT2D eigenvalue weighted by molar-refractivity contribution is 5.44. The lowest BCUT2D eigenvalue weighted by Crippen LogP contribution is -2.57. The Morgan fingerprint density at radius 2 is 1.75 bits per heavy atom. The molecule has 3 N–H and O–H groups in total. The number of fused-ring (bicyclic) bond motifs is 1. The first kappa shape index (κ1) is 20.7. The summed E-state index contributed by atoms with van der Waals surface area (Å²) in [6.07, 6.45) is 4.82. The highest BCUT2D eigenvalue weighted by Crippen LogP contribution is 2.45. The summed E-state index contributed by atoms with van der Waals surface area (Å²) in [4.78, 5) is 0. The number of rotatable bonds is 9. The van der Waals surface area contributed by atoms with Gasteiger partial charge in [-0.3, -0.25) is 0 Å². The molecule has 1 aliphatic carbocycles. The molecular formula is C24H33NO3. The molecule has 4 nitrogen and oxygen atoms in total. The Morgan fingerprint density at radius 3 is 2.43 bits per heavy atom. The Kier molecular flexibility index (Phi) is 6.97. The van der Waals surface area contributed by atoms with Gasteiger partial charge in [0.15, 0.2) is 0 Å². The van der Waals surface area contributed by atoms with Crippen molar-refractivity contribution in [1.82, 2.24) is 0 Å². The van der Waals surface area contributed by atoms with Crippen LogP contribution in [0.15, 0.2) is 48.5 Å². The number of ether oxygens (including phenoxy) is 2. The Hall–Kier alpha value is -2.04. The van der Waals surface area contributed by atoms with Crippen molar-refractivity contribution in [2.24, 2.45) is 5.73 Å². The maximum Gasteiger partial charge on any atom is 0.119 e. The molecule has 2 aromatic rings. The van der Waals surface area contributed by atoms with Crippen LogP contribution in [0.5, 0.6) is 11.5 Å². The summed E-state index contributed by atoms with van der Waals surface area (Å²) in [6.45, 7) is 5.41. The molecule has 2 aromatic carbocycles. The van der Waals surface area contributed by atoms with Crippen molar-refractivity contribution in [3.05, 3.63) is 59.7 Å². The summed E-state index contributed by atoms with van der Waals surface area (Å²) in [7, 11) is 0. The van der Waals surface area contributed by atoms with Crippen molar-refractivity contribution in [2.75, 3.05) is 13.2 Å². The standard InChI is InChI=1S/C24H33NO3/c1-3-12-24(13-4-2)21-17-19(26)11-10-18(21)16-22(23(24)25)28-15-14-27-20-8-6-5-7-9-20/h5-11,17,22-23,26H,3-4,12-16,25H2,1-2H3/t22-,23+/m1/s1. The number of para-hydroxylation sites is 1. The van der Waals surface area contributed by atoms with Crippen LogP contribution in [-0.4, -0.2) is 30.5 Å². The lowest BCUT2D eigenvalue weighted by atomic mass is 9.61. The lowest BCUT2D eigenvalue weighted by molar-refractivity contribution is -0.00886. The summed E-state index contributed by atoms with van der Waals surface area (Å²) >= 11 is 0. The minimum atomic E-state index is -0.152. The molecule has 0 aromatic heterocycles. The predicted octanol–water partition coefficient (Wildman–Crippen LogP) is 4.58. The van der Waals surface area contributed by atoms with E-state index in [0.29, 0.717) is 19.0 Å². The second-order valence-electron chi connectivity index (χ2n) is 7.80. The van der Waals surface area contributed by atoms with Crippen molar-refractivity contribution in [2.45, 2.75) is 63.5 Å². The van der Waals surface area contributed by atoms with Crippen LogP contribution in [0.2, 0.25) is 0 Å². The Morgan fingerprint density at radius 1 is 1.04 bits per heavy atom. The van der Waals surface area contributed by atoms with Crippen LogP contribution in [0.25, 0.3) is 0 Å². The summed E-state index contributed by atoms with van der Waals surface area (Å²) in [5.41, 5.74) is 9.15. The average molecular weight is 384 g/mol. The second-order valence-corrected chi connectivity index (χ2v) is 7.80. The van der Waals surface area contributed by atoms with Gasteiger partial charge in [-0.2, -0.15) is 0 Å². The molecule has 0 heterocycles. The van der Waals surface area contributed by atoms with Crippen LogP contribution in [0.4, 0.5) is 0 Å². The van der Waals surface area contributed by atoms with Crippen molar-refractivity contribution < 1.29 is 14.6 Å². The van der Waals surface area contributed by atoms with Crippen LogP contribution >= 0.6 is 0 Å². The van der Waals surface area contributed by atoms with E-state index in [2.05, 4.69) is 13.8 Å². The average Bonchev–Trinajstić information content (AvgIpc) is 2.70. The van der Waals surface area contributed by atoms with E-state index in [0.717, 1.165) is 37.9 Å². The van der Waals surface area contributed by atoms with E-state index in [1.165, 1.54) is 11.1 Å². The molecule has 0 radical (unpaired) electrons. The van der Waals surface area contributed by atoms with Gasteiger partial charge in [-0.05, 0) is 48.2 Å². The molecule has 0 fully saturated rings. The number of nitrogens with two attached hydrogens (primary N) is 1. The molecule has 3 rings (SSSR count). The first-order valence-electron chi connectivity index (χ1n) is 10.5. The fourth-order valence-electron chi connectivity index (χ4n) is 4.74. The Labute approximate surface area is 168 Å². The third kappa shape index (κ3) is 4.34. The van der Waals surface area contributed by atoms with Gasteiger partial charge in [-0.1, -0.05) is 51.0 Å². The first-order chi connectivity index (χ1) is 13.6. The fourth-order valence-corrected chi connectivity index (χ4v) is 4.74. The number of benzene rings is 2. The molecule has 0 unspecified atom stereocenters. The number of phenols is 1. The van der Waals surface area contributed by atoms with Gasteiger partial charge in [-0.15, -0.1) is 0 Å². The van der Waals surface area contributed by atoms with Crippen molar-refractivity contribution in [1.29, 1.82) is 0 Å². The number of hydrogen-bond donors (Lipinski definition) is 2.